The SMILES string of the molecule is O=C(N[C@@H](c1ccccc1)c1ccc(C2CC2)c(F)n1)[C@@H]1C[C@@H](F)CN1C(=O)COCCOCCOCCOCCOCC(=O)N1C[C@H](F)C[C@H]1C(=O)N[C@@H](c1ccccc1)c1ccc(C2CC2)c(F)n1. The summed E-state index contributed by atoms with van der Waals surface area (Å²) >= 11 is 0. The smallest absolute Gasteiger partial charge is 0.249 e. The van der Waals surface area contributed by atoms with Gasteiger partial charge >= 0.3 is 0 Å². The van der Waals surface area contributed by atoms with Gasteiger partial charge in [0.1, 0.15) is 37.6 Å². The number of likely N-dealkylation sites (tertiary alicyclic amines) is 2. The minimum Gasteiger partial charge on any atom is -0.377 e. The molecule has 8 rings (SSSR count). The quantitative estimate of drug-likeness (QED) is 0.0458. The molecule has 2 saturated carbocycles. The highest BCUT2D eigenvalue weighted by atomic mass is 19.1. The molecule has 4 aliphatic rings. The Balaban J connectivity index is 0.672. The number of hydrogen-bond donors (Lipinski definition) is 2. The number of aromatic nitrogens is 2. The van der Waals surface area contributed by atoms with Crippen molar-refractivity contribution in [2.24, 2.45) is 0 Å². The molecular formula is C52H60F4N6O9. The summed E-state index contributed by atoms with van der Waals surface area (Å²) in [5.41, 5.74) is 3.02. The van der Waals surface area contributed by atoms with Gasteiger partial charge in [0.25, 0.3) is 0 Å². The van der Waals surface area contributed by atoms with Crippen LogP contribution in [0.4, 0.5) is 17.6 Å². The lowest BCUT2D eigenvalue weighted by atomic mass is 10.0. The van der Waals surface area contributed by atoms with Crippen LogP contribution in [-0.4, -0.2) is 147 Å². The third kappa shape index (κ3) is 14.2. The largest absolute Gasteiger partial charge is 0.377 e. The van der Waals surface area contributed by atoms with Crippen LogP contribution in [0.3, 0.4) is 0 Å². The number of rotatable bonds is 26. The molecule has 4 amide bonds. The average Bonchev–Trinajstić information content (AvgIpc) is 4.32. The standard InChI is InChI=1S/C52H60F4N6O9/c53-37-27-43(51(65)59-47(35-7-3-1-4-8-35)41-17-15-39(33-11-12-33)49(55)57-41)61(29-37)45(63)31-70-25-23-68-21-19-67-20-22-69-24-26-71-32-46(64)62-30-38(54)28-44(62)52(66)60-48(36-9-5-2-6-10-36)42-18-16-40(34-13-14-34)50(56)58-42/h1-10,15-18,33-34,37-38,43-44,47-48H,11-14,19-32H2,(H,59,65)(H,60,66)/t37-,38-,43+,44+,47+,48+/m1/s1. The summed E-state index contributed by atoms with van der Waals surface area (Å²) in [5, 5.41) is 5.77. The van der Waals surface area contributed by atoms with Crippen LogP contribution in [0, 0.1) is 11.9 Å². The molecule has 71 heavy (non-hydrogen) atoms. The first-order valence-corrected chi connectivity index (χ1v) is 24.3. The predicted octanol–water partition coefficient (Wildman–Crippen LogP) is 5.58. The monoisotopic (exact) mass is 988 g/mol. The summed E-state index contributed by atoms with van der Waals surface area (Å²) in [4.78, 5) is 64.2. The molecule has 2 aliphatic carbocycles. The minimum atomic E-state index is -1.41. The molecule has 0 unspecified atom stereocenters. The maximum atomic E-state index is 15.0. The number of hydrogen-bond acceptors (Lipinski definition) is 11. The van der Waals surface area contributed by atoms with Gasteiger partial charge in [0, 0.05) is 24.0 Å². The van der Waals surface area contributed by atoms with Crippen molar-refractivity contribution in [1.82, 2.24) is 30.4 Å². The van der Waals surface area contributed by atoms with Gasteiger partial charge in [0.05, 0.1) is 89.4 Å². The molecule has 0 radical (unpaired) electrons. The Hall–Kier alpha value is -5.86. The van der Waals surface area contributed by atoms with Crippen molar-refractivity contribution in [3.8, 4) is 0 Å². The first-order valence-electron chi connectivity index (χ1n) is 24.3. The number of nitrogens with one attached hydrogen (secondary N) is 2. The van der Waals surface area contributed by atoms with E-state index < -0.39 is 72.0 Å². The van der Waals surface area contributed by atoms with Crippen LogP contribution in [0.15, 0.2) is 84.9 Å². The Labute approximate surface area is 409 Å². The van der Waals surface area contributed by atoms with E-state index >= 15 is 0 Å². The van der Waals surface area contributed by atoms with Crippen molar-refractivity contribution in [2.75, 3.05) is 79.2 Å². The molecular weight excluding hydrogens is 929 g/mol. The van der Waals surface area contributed by atoms with E-state index in [1.54, 1.807) is 72.8 Å². The number of benzene rings is 2. The molecule has 2 aliphatic heterocycles. The highest BCUT2D eigenvalue weighted by molar-refractivity contribution is 5.90. The number of pyridine rings is 2. The number of nitrogens with zero attached hydrogens (tertiary/aromatic N) is 4. The Bertz CT molecular complexity index is 2250. The molecule has 380 valence electrons. The van der Waals surface area contributed by atoms with Crippen LogP contribution in [0.25, 0.3) is 0 Å². The van der Waals surface area contributed by atoms with E-state index in [1.165, 1.54) is 9.80 Å². The lowest BCUT2D eigenvalue weighted by Gasteiger charge is -2.26. The lowest BCUT2D eigenvalue weighted by Crippen LogP contribution is -2.48. The maximum Gasteiger partial charge on any atom is 0.249 e. The zero-order chi connectivity index (χ0) is 49.7. The third-order valence-electron chi connectivity index (χ3n) is 12.9. The van der Waals surface area contributed by atoms with E-state index in [0.717, 1.165) is 25.7 Å². The van der Waals surface area contributed by atoms with Crippen LogP contribution in [0.2, 0.25) is 0 Å². The summed E-state index contributed by atoms with van der Waals surface area (Å²) in [6.45, 7) is 0.103. The normalized spacial score (nSPS) is 20.7. The number of carbonyl (C=O) groups is 4. The minimum absolute atomic E-state index is 0.0647. The average molecular weight is 989 g/mol. The molecule has 19 heteroatoms. The molecule has 0 spiro atoms. The Morgan fingerprint density at radius 1 is 0.521 bits per heavy atom. The van der Waals surface area contributed by atoms with E-state index in [-0.39, 0.29) is 104 Å². The van der Waals surface area contributed by atoms with Crippen LogP contribution in [0.1, 0.15) is 96.1 Å². The maximum absolute atomic E-state index is 15.0. The second kappa shape index (κ2) is 25.0. The topological polar surface area (TPSA) is 171 Å². The van der Waals surface area contributed by atoms with Gasteiger partial charge in [-0.05, 0) is 60.8 Å². The molecule has 2 saturated heterocycles. The second-order valence-corrected chi connectivity index (χ2v) is 18.2. The summed E-state index contributed by atoms with van der Waals surface area (Å²) in [5.74, 6) is -3.10. The number of carbonyl (C=O) groups excluding carboxylic acids is 4. The summed E-state index contributed by atoms with van der Waals surface area (Å²) < 4.78 is 86.9. The van der Waals surface area contributed by atoms with Crippen molar-refractivity contribution in [3.05, 3.63) is 130 Å². The number of halogens is 4. The van der Waals surface area contributed by atoms with Gasteiger partial charge in [0.15, 0.2) is 0 Å². The van der Waals surface area contributed by atoms with Gasteiger partial charge in [-0.2, -0.15) is 8.78 Å². The first-order chi connectivity index (χ1) is 34.5. The predicted molar refractivity (Wildman–Crippen MR) is 249 cm³/mol. The molecule has 15 nitrogen and oxygen atoms in total. The highest BCUT2D eigenvalue weighted by Gasteiger charge is 2.42. The van der Waals surface area contributed by atoms with Gasteiger partial charge < -0.3 is 44.1 Å². The van der Waals surface area contributed by atoms with Crippen molar-refractivity contribution in [1.29, 1.82) is 0 Å². The fourth-order valence-electron chi connectivity index (χ4n) is 8.94. The molecule has 4 fully saturated rings. The Morgan fingerprint density at radius 3 is 1.21 bits per heavy atom. The zero-order valence-electron chi connectivity index (χ0n) is 39.4. The van der Waals surface area contributed by atoms with Gasteiger partial charge in [-0.3, -0.25) is 19.2 Å². The van der Waals surface area contributed by atoms with Gasteiger partial charge in [-0.1, -0.05) is 72.8 Å². The van der Waals surface area contributed by atoms with Gasteiger partial charge in [-0.15, -0.1) is 0 Å². The molecule has 2 aromatic carbocycles. The van der Waals surface area contributed by atoms with Crippen molar-refractivity contribution >= 4 is 23.6 Å². The van der Waals surface area contributed by atoms with Crippen molar-refractivity contribution < 1.29 is 60.4 Å². The molecule has 2 N–H and O–H groups in total. The van der Waals surface area contributed by atoms with E-state index in [1.807, 2.05) is 12.1 Å². The summed E-state index contributed by atoms with van der Waals surface area (Å²) in [6.07, 6.45) is 0.442. The highest BCUT2D eigenvalue weighted by Crippen LogP contribution is 2.42. The summed E-state index contributed by atoms with van der Waals surface area (Å²) in [6, 6.07) is 20.9. The van der Waals surface area contributed by atoms with Crippen molar-refractivity contribution in [3.63, 3.8) is 0 Å². The van der Waals surface area contributed by atoms with Crippen LogP contribution in [0.5, 0.6) is 0 Å². The molecule has 4 heterocycles. The second-order valence-electron chi connectivity index (χ2n) is 18.2. The molecule has 0 bridgehead atoms. The van der Waals surface area contributed by atoms with E-state index in [4.69, 9.17) is 23.7 Å². The fourth-order valence-corrected chi connectivity index (χ4v) is 8.94. The van der Waals surface area contributed by atoms with E-state index in [0.29, 0.717) is 33.6 Å². The number of ether oxygens (including phenoxy) is 5. The van der Waals surface area contributed by atoms with E-state index in [9.17, 15) is 36.7 Å². The fraction of sp³-hybridized carbons (Fsp3) is 0.500. The lowest BCUT2D eigenvalue weighted by molar-refractivity contribution is -0.142. The van der Waals surface area contributed by atoms with Gasteiger partial charge in [0.2, 0.25) is 35.5 Å². The van der Waals surface area contributed by atoms with Crippen LogP contribution >= 0.6 is 0 Å². The summed E-state index contributed by atoms with van der Waals surface area (Å²) in [7, 11) is 0. The van der Waals surface area contributed by atoms with Crippen molar-refractivity contribution in [2.45, 2.75) is 86.9 Å². The Kier molecular flexibility index (Phi) is 18.1. The number of alkyl halides is 2. The van der Waals surface area contributed by atoms with Crippen LogP contribution in [-0.2, 0) is 42.9 Å². The number of amides is 4. The zero-order valence-corrected chi connectivity index (χ0v) is 39.4. The molecule has 6 atom stereocenters. The Morgan fingerprint density at radius 2 is 0.873 bits per heavy atom. The molecule has 2 aromatic heterocycles. The van der Waals surface area contributed by atoms with E-state index in [2.05, 4.69) is 20.6 Å². The van der Waals surface area contributed by atoms with Crippen LogP contribution < -0.4 is 10.6 Å². The third-order valence-corrected chi connectivity index (χ3v) is 12.9. The first kappa shape index (κ1) is 51.5. The molecule has 4 aromatic rings. The van der Waals surface area contributed by atoms with Gasteiger partial charge in [-0.25, -0.2) is 18.7 Å².